The van der Waals surface area contributed by atoms with Gasteiger partial charge >= 0.3 is 23.9 Å². The van der Waals surface area contributed by atoms with Gasteiger partial charge in [0, 0.05) is 31.1 Å². The Kier molecular flexibility index (Phi) is 45.2. The molecule has 0 aromatic carbocycles. The first-order valence-corrected chi connectivity index (χ1v) is 39.3. The third kappa shape index (κ3) is 34.3. The molecule has 4 aliphatic rings. The molecule has 3 fully saturated rings. The molecule has 0 aromatic rings. The molecular formula is C83H140O9. The molecule has 9 heteroatoms. The van der Waals surface area contributed by atoms with E-state index in [1.165, 1.54) is 141 Å². The summed E-state index contributed by atoms with van der Waals surface area (Å²) < 4.78 is 30.4. The molecule has 0 N–H and O–H groups in total. The summed E-state index contributed by atoms with van der Waals surface area (Å²) in [5, 5.41) is 0. The van der Waals surface area contributed by atoms with Gasteiger partial charge in [0.25, 0.3) is 0 Å². The second kappa shape index (κ2) is 51.5. The average Bonchev–Trinajstić information content (AvgIpc) is 1.36. The first kappa shape index (κ1) is 80.7. The topological polar surface area (TPSA) is 114 Å². The molecule has 6 unspecified atom stereocenters. The highest BCUT2D eigenvalue weighted by Crippen LogP contribution is 2.66. The lowest BCUT2D eigenvalue weighted by molar-refractivity contribution is -0.167. The molecule has 0 heterocycles. The summed E-state index contributed by atoms with van der Waals surface area (Å²) in [7, 11) is 0. The van der Waals surface area contributed by atoms with Gasteiger partial charge in [0.1, 0.15) is 19.3 Å². The van der Waals surface area contributed by atoms with Crippen molar-refractivity contribution in [3.63, 3.8) is 0 Å². The second-order valence-electron chi connectivity index (χ2n) is 29.1. The number of allylic oxidation sites excluding steroid dienone is 9. The number of hydrogen-bond acceptors (Lipinski definition) is 9. The van der Waals surface area contributed by atoms with Gasteiger partial charge < -0.3 is 23.7 Å². The fourth-order valence-corrected chi connectivity index (χ4v) is 15.6. The van der Waals surface area contributed by atoms with E-state index < -0.39 is 6.10 Å². The Hall–Kier alpha value is -3.72. The summed E-state index contributed by atoms with van der Waals surface area (Å²) in [6.45, 7) is 13.8. The van der Waals surface area contributed by atoms with Gasteiger partial charge in [-0.1, -0.05) is 249 Å². The molecule has 0 amide bonds. The normalized spacial score (nSPS) is 22.9. The maximum Gasteiger partial charge on any atom is 0.306 e. The van der Waals surface area contributed by atoms with Crippen molar-refractivity contribution >= 4 is 23.9 Å². The molecule has 0 spiro atoms. The summed E-state index contributed by atoms with van der Waals surface area (Å²) in [5.41, 5.74) is 1.97. The van der Waals surface area contributed by atoms with Gasteiger partial charge in [-0.05, 0) is 184 Å². The van der Waals surface area contributed by atoms with Crippen molar-refractivity contribution in [2.45, 2.75) is 387 Å². The van der Waals surface area contributed by atoms with E-state index >= 15 is 0 Å². The van der Waals surface area contributed by atoms with E-state index in [9.17, 15) is 19.2 Å². The van der Waals surface area contributed by atoms with Crippen molar-refractivity contribution in [2.75, 3.05) is 13.2 Å². The van der Waals surface area contributed by atoms with E-state index in [-0.39, 0.29) is 66.2 Å². The summed E-state index contributed by atoms with van der Waals surface area (Å²) in [4.78, 5) is 51.9. The van der Waals surface area contributed by atoms with Gasteiger partial charge in [-0.3, -0.25) is 19.2 Å². The minimum Gasteiger partial charge on any atom is -0.462 e. The van der Waals surface area contributed by atoms with Crippen LogP contribution in [-0.4, -0.2) is 61.5 Å². The molecule has 0 aliphatic heterocycles. The zero-order valence-electron chi connectivity index (χ0n) is 60.3. The van der Waals surface area contributed by atoms with E-state index in [1.807, 2.05) is 0 Å². The molecule has 0 aromatic heterocycles. The number of unbranched alkanes of at least 4 members (excludes halogenated alkanes) is 30. The number of rotatable bonds is 56. The largest absolute Gasteiger partial charge is 0.462 e. The maximum atomic E-state index is 13.1. The summed E-state index contributed by atoms with van der Waals surface area (Å²) >= 11 is 0. The molecular weight excluding hydrogens is 1140 g/mol. The van der Waals surface area contributed by atoms with Crippen LogP contribution in [0.5, 0.6) is 0 Å². The summed E-state index contributed by atoms with van der Waals surface area (Å²) in [6.07, 6.45) is 78.5. The molecule has 3 saturated carbocycles. The quantitative estimate of drug-likeness (QED) is 0.0254. The molecule has 92 heavy (non-hydrogen) atoms. The Morgan fingerprint density at radius 1 is 0.446 bits per heavy atom. The zero-order valence-corrected chi connectivity index (χ0v) is 60.3. The lowest BCUT2D eigenvalue weighted by atomic mass is 9.47. The molecule has 0 bridgehead atoms. The Labute approximate surface area is 565 Å². The van der Waals surface area contributed by atoms with Crippen LogP contribution in [0, 0.1) is 28.6 Å². The first-order valence-electron chi connectivity index (χ1n) is 39.3. The van der Waals surface area contributed by atoms with Crippen molar-refractivity contribution in [1.82, 2.24) is 0 Å². The van der Waals surface area contributed by atoms with Crippen LogP contribution in [-0.2, 0) is 42.9 Å². The average molecular weight is 1280 g/mol. The number of ether oxygens (including phenoxy) is 5. The van der Waals surface area contributed by atoms with Crippen molar-refractivity contribution in [3.8, 4) is 0 Å². The lowest BCUT2D eigenvalue weighted by Gasteiger charge is -2.58. The highest BCUT2D eigenvalue weighted by molar-refractivity contribution is 5.71. The number of esters is 4. The first-order chi connectivity index (χ1) is 45.0. The van der Waals surface area contributed by atoms with Crippen LogP contribution in [0.2, 0.25) is 0 Å². The van der Waals surface area contributed by atoms with Gasteiger partial charge in [-0.15, -0.1) is 0 Å². The van der Waals surface area contributed by atoms with Gasteiger partial charge in [0.2, 0.25) is 0 Å². The number of fused-ring (bicyclic) bond motifs is 5. The summed E-state index contributed by atoms with van der Waals surface area (Å²) in [5.74, 6) is 1.13. The molecule has 0 saturated heterocycles. The molecule has 4 rings (SSSR count). The third-order valence-corrected chi connectivity index (χ3v) is 21.3. The molecule has 0 radical (unpaired) electrons. The fourth-order valence-electron chi connectivity index (χ4n) is 15.6. The number of carbonyl (C=O) groups is 4. The van der Waals surface area contributed by atoms with Crippen molar-refractivity contribution in [1.29, 1.82) is 0 Å². The fraction of sp³-hybridized carbons (Fsp3) is 0.807. The molecule has 526 valence electrons. The van der Waals surface area contributed by atoms with Gasteiger partial charge in [-0.25, -0.2) is 0 Å². The Bertz CT molecular complexity index is 2120. The van der Waals surface area contributed by atoms with Gasteiger partial charge in [0.05, 0.1) is 12.2 Å². The highest BCUT2D eigenvalue weighted by atomic mass is 16.6. The Morgan fingerprint density at radius 3 is 1.39 bits per heavy atom. The van der Waals surface area contributed by atoms with Crippen molar-refractivity contribution in [2.24, 2.45) is 28.6 Å². The van der Waals surface area contributed by atoms with Crippen LogP contribution in [0.4, 0.5) is 0 Å². The minimum absolute atomic E-state index is 0.0299. The van der Waals surface area contributed by atoms with Crippen LogP contribution >= 0.6 is 0 Å². The van der Waals surface area contributed by atoms with Crippen LogP contribution in [0.1, 0.15) is 363 Å². The van der Waals surface area contributed by atoms with Crippen LogP contribution in [0.25, 0.3) is 0 Å². The van der Waals surface area contributed by atoms with Crippen LogP contribution in [0.15, 0.2) is 72.4 Å². The van der Waals surface area contributed by atoms with E-state index in [1.54, 1.807) is 5.57 Å². The molecule has 4 aliphatic carbocycles. The lowest BCUT2D eigenvalue weighted by Crippen LogP contribution is -2.52. The smallest absolute Gasteiger partial charge is 0.306 e. The predicted molar refractivity (Wildman–Crippen MR) is 384 cm³/mol. The monoisotopic (exact) mass is 1280 g/mol. The third-order valence-electron chi connectivity index (χ3n) is 21.3. The second-order valence-corrected chi connectivity index (χ2v) is 29.1. The maximum absolute atomic E-state index is 13.1. The van der Waals surface area contributed by atoms with Gasteiger partial charge in [-0.2, -0.15) is 0 Å². The van der Waals surface area contributed by atoms with E-state index in [0.29, 0.717) is 43.4 Å². The Balaban J connectivity index is 1.15. The standard InChI is InChI=1S/C83H140O9/c1-7-11-15-19-21-23-25-27-29-31-33-35-39-44-50-55-78(84)88-68-73(91-80(86)57-52-46-40-36-34-32-30-28-26-24-22-20-16-12-8-2)69-89-79(85)56-51-45-41-37-38-43-48-54-71(53-47-42-17-13-9-3)90-72-63-65-82(5)70(67-72)59-60-74-75-61-62-77(83(75,6)66-64-76(74)82)92-81(87)58-49-18-14-10-4/h21,23,27-30,47-48,53-54,67,71-77H,7-20,22,24-26,31-46,49-52,55-66,68-69H2,1-6H3/b23-21-,29-27-,30-28+,53-47-,54-48-/t71?,72?,73?,74-,75?,76?,77?,82-,83-/m0/s1. The molecule has 9 atom stereocenters. The van der Waals surface area contributed by atoms with E-state index in [0.717, 1.165) is 154 Å². The SMILES string of the molecule is CCCCC/C=C\C/C=C\CCCCCCCC(=O)OCC(COC(=O)CCCCCCC/C=C\C(/C=C\CCCCC)OC1C=C2CC[C@H]3C4CCC(OC(=O)CCCCCC)[C@@]4(C)CCC3[C@@]2(C)CC1)OC(=O)CCCCCCC/C=C/CCCCCCCC. The predicted octanol–water partition coefficient (Wildman–Crippen LogP) is 23.9. The van der Waals surface area contributed by atoms with Crippen LogP contribution < -0.4 is 0 Å². The van der Waals surface area contributed by atoms with E-state index in [2.05, 4.69) is 108 Å². The number of hydrogen-bond donors (Lipinski definition) is 0. The van der Waals surface area contributed by atoms with Crippen molar-refractivity contribution in [3.05, 3.63) is 72.4 Å². The summed E-state index contributed by atoms with van der Waals surface area (Å²) in [6, 6.07) is 0. The van der Waals surface area contributed by atoms with Crippen molar-refractivity contribution < 1.29 is 42.9 Å². The zero-order chi connectivity index (χ0) is 66.0. The molecule has 9 nitrogen and oxygen atoms in total. The minimum atomic E-state index is -0.820. The van der Waals surface area contributed by atoms with Crippen LogP contribution in [0.3, 0.4) is 0 Å². The van der Waals surface area contributed by atoms with Gasteiger partial charge in [0.15, 0.2) is 6.10 Å². The van der Waals surface area contributed by atoms with E-state index in [4.69, 9.17) is 23.7 Å². The number of carbonyl (C=O) groups excluding carboxylic acids is 4. The Morgan fingerprint density at radius 2 is 0.870 bits per heavy atom. The highest BCUT2D eigenvalue weighted by Gasteiger charge is 2.60.